The van der Waals surface area contributed by atoms with Crippen molar-refractivity contribution >= 4 is 18.0 Å². The molecule has 1 aliphatic heterocycles. The van der Waals surface area contributed by atoms with Crippen molar-refractivity contribution in [1.29, 1.82) is 0 Å². The predicted molar refractivity (Wildman–Crippen MR) is 104 cm³/mol. The van der Waals surface area contributed by atoms with Gasteiger partial charge in [0.1, 0.15) is 0 Å². The second-order valence-electron chi connectivity index (χ2n) is 7.78. The Kier molecular flexibility index (Phi) is 5.12. The van der Waals surface area contributed by atoms with Gasteiger partial charge in [-0.1, -0.05) is 54.6 Å². The largest absolute Gasteiger partial charge is 0.481 e. The molecule has 1 saturated carbocycles. The Hall–Kier alpha value is -2.40. The third-order valence-corrected chi connectivity index (χ3v) is 6.19. The molecular formula is C22H26N2O3. The Morgan fingerprint density at radius 3 is 2.33 bits per heavy atom. The fourth-order valence-electron chi connectivity index (χ4n) is 4.76. The van der Waals surface area contributed by atoms with Crippen LogP contribution in [0, 0.1) is 23.7 Å². The number of carboxylic acid groups (broad SMARTS) is 1. The van der Waals surface area contributed by atoms with Crippen LogP contribution in [0.3, 0.4) is 0 Å². The molecule has 2 aliphatic carbocycles. The first-order valence-electron chi connectivity index (χ1n) is 9.77. The van der Waals surface area contributed by atoms with Crippen LogP contribution < -0.4 is 0 Å². The molecule has 5 nitrogen and oxygen atoms in total. The maximum atomic E-state index is 13.0. The molecule has 2 bridgehead atoms. The van der Waals surface area contributed by atoms with E-state index >= 15 is 0 Å². The first kappa shape index (κ1) is 18.0. The van der Waals surface area contributed by atoms with Gasteiger partial charge in [-0.25, -0.2) is 0 Å². The fourth-order valence-corrected chi connectivity index (χ4v) is 4.76. The van der Waals surface area contributed by atoms with E-state index in [9.17, 15) is 14.7 Å². The molecule has 0 spiro atoms. The molecule has 1 saturated heterocycles. The summed E-state index contributed by atoms with van der Waals surface area (Å²) in [6.07, 6.45) is 9.14. The quantitative estimate of drug-likeness (QED) is 0.813. The van der Waals surface area contributed by atoms with Gasteiger partial charge in [0.2, 0.25) is 5.91 Å². The van der Waals surface area contributed by atoms with E-state index in [0.717, 1.165) is 26.1 Å². The van der Waals surface area contributed by atoms with Gasteiger partial charge < -0.3 is 10.0 Å². The van der Waals surface area contributed by atoms with Crippen LogP contribution in [0.25, 0.3) is 6.08 Å². The van der Waals surface area contributed by atoms with Crippen LogP contribution in [0.2, 0.25) is 0 Å². The number of fused-ring (bicyclic) bond motifs is 2. The van der Waals surface area contributed by atoms with Gasteiger partial charge >= 0.3 is 5.97 Å². The Bertz CT molecular complexity index is 750. The van der Waals surface area contributed by atoms with Crippen LogP contribution in [0.15, 0.2) is 48.6 Å². The van der Waals surface area contributed by atoms with Crippen molar-refractivity contribution in [3.8, 4) is 0 Å². The van der Waals surface area contributed by atoms with E-state index in [4.69, 9.17) is 0 Å². The lowest BCUT2D eigenvalue weighted by molar-refractivity contribution is -0.151. The standard InChI is InChI=1S/C22H26N2O3/c25-21(19-17-8-9-18(15-17)20(19)22(26)27)24-13-11-23(12-14-24)10-4-7-16-5-2-1-3-6-16/h1-9,17-20H,10-15H2,(H,26,27)/b7-4-/t17-,18-,19+,20+/m0/s1. The number of carbonyl (C=O) groups is 2. The molecule has 4 atom stereocenters. The topological polar surface area (TPSA) is 60.9 Å². The molecule has 3 aliphatic rings. The maximum absolute atomic E-state index is 13.0. The molecule has 1 amide bonds. The monoisotopic (exact) mass is 366 g/mol. The average molecular weight is 366 g/mol. The summed E-state index contributed by atoms with van der Waals surface area (Å²) in [6.45, 7) is 3.90. The highest BCUT2D eigenvalue weighted by Crippen LogP contribution is 2.48. The summed E-state index contributed by atoms with van der Waals surface area (Å²) >= 11 is 0. The predicted octanol–water partition coefficient (Wildman–Crippen LogP) is 2.37. The average Bonchev–Trinajstić information content (AvgIpc) is 3.30. The first-order valence-corrected chi connectivity index (χ1v) is 9.77. The number of hydrogen-bond donors (Lipinski definition) is 1. The minimum Gasteiger partial charge on any atom is -0.481 e. The normalized spacial score (nSPS) is 30.3. The lowest BCUT2D eigenvalue weighted by atomic mass is 9.82. The van der Waals surface area contributed by atoms with E-state index in [-0.39, 0.29) is 23.7 Å². The van der Waals surface area contributed by atoms with Gasteiger partial charge in [0.05, 0.1) is 11.8 Å². The number of carboxylic acids is 1. The molecule has 2 fully saturated rings. The van der Waals surface area contributed by atoms with E-state index < -0.39 is 11.9 Å². The zero-order valence-electron chi connectivity index (χ0n) is 15.4. The van der Waals surface area contributed by atoms with Gasteiger partial charge in [-0.15, -0.1) is 0 Å². The molecule has 1 aromatic rings. The van der Waals surface area contributed by atoms with E-state index in [0.29, 0.717) is 13.1 Å². The number of allylic oxidation sites excluding steroid dienone is 2. The van der Waals surface area contributed by atoms with Crippen LogP contribution in [0.4, 0.5) is 0 Å². The van der Waals surface area contributed by atoms with Crippen molar-refractivity contribution in [2.45, 2.75) is 6.42 Å². The zero-order chi connectivity index (χ0) is 18.8. The number of piperazine rings is 1. The van der Waals surface area contributed by atoms with Gasteiger partial charge in [-0.05, 0) is 23.8 Å². The smallest absolute Gasteiger partial charge is 0.307 e. The fraction of sp³-hybridized carbons (Fsp3) is 0.455. The Morgan fingerprint density at radius 1 is 1.00 bits per heavy atom. The van der Waals surface area contributed by atoms with Gasteiger partial charge in [0.25, 0.3) is 0 Å². The number of amides is 1. The Labute approximate surface area is 160 Å². The van der Waals surface area contributed by atoms with Gasteiger partial charge in [0, 0.05) is 32.7 Å². The number of hydrogen-bond acceptors (Lipinski definition) is 3. The van der Waals surface area contributed by atoms with E-state index in [1.807, 2.05) is 29.2 Å². The Morgan fingerprint density at radius 2 is 1.67 bits per heavy atom. The number of benzene rings is 1. The lowest BCUT2D eigenvalue weighted by Crippen LogP contribution is -2.52. The van der Waals surface area contributed by atoms with Crippen LogP contribution in [0.5, 0.6) is 0 Å². The lowest BCUT2D eigenvalue weighted by Gasteiger charge is -2.37. The maximum Gasteiger partial charge on any atom is 0.307 e. The second-order valence-corrected chi connectivity index (χ2v) is 7.78. The molecule has 0 aromatic heterocycles. The highest BCUT2D eigenvalue weighted by Gasteiger charge is 2.52. The van der Waals surface area contributed by atoms with Gasteiger partial charge in [-0.3, -0.25) is 14.5 Å². The minimum atomic E-state index is -0.824. The van der Waals surface area contributed by atoms with Crippen LogP contribution in [0.1, 0.15) is 12.0 Å². The molecule has 5 heteroatoms. The molecule has 1 aromatic carbocycles. The molecule has 1 heterocycles. The zero-order valence-corrected chi connectivity index (χ0v) is 15.4. The van der Waals surface area contributed by atoms with E-state index in [1.165, 1.54) is 5.56 Å². The SMILES string of the molecule is O=C(O)[C@H]1[C@H](C(=O)N2CCN(C/C=C\c3ccccc3)CC2)[C@H]2C=C[C@H]1C2. The highest BCUT2D eigenvalue weighted by molar-refractivity contribution is 5.87. The van der Waals surface area contributed by atoms with Crippen molar-refractivity contribution in [3.05, 3.63) is 54.1 Å². The summed E-state index contributed by atoms with van der Waals surface area (Å²) < 4.78 is 0. The van der Waals surface area contributed by atoms with Crippen molar-refractivity contribution in [3.63, 3.8) is 0 Å². The van der Waals surface area contributed by atoms with Crippen molar-refractivity contribution < 1.29 is 14.7 Å². The molecule has 142 valence electrons. The molecule has 27 heavy (non-hydrogen) atoms. The summed E-state index contributed by atoms with van der Waals surface area (Å²) in [4.78, 5) is 28.9. The third-order valence-electron chi connectivity index (χ3n) is 6.19. The van der Waals surface area contributed by atoms with E-state index in [2.05, 4.69) is 35.3 Å². The van der Waals surface area contributed by atoms with E-state index in [1.54, 1.807) is 0 Å². The summed E-state index contributed by atoms with van der Waals surface area (Å²) in [5, 5.41) is 9.57. The summed E-state index contributed by atoms with van der Waals surface area (Å²) in [6, 6.07) is 10.2. The molecule has 0 unspecified atom stereocenters. The highest BCUT2D eigenvalue weighted by atomic mass is 16.4. The van der Waals surface area contributed by atoms with Crippen LogP contribution in [-0.2, 0) is 9.59 Å². The molecule has 4 rings (SSSR count). The summed E-state index contributed by atoms with van der Waals surface area (Å²) in [5.41, 5.74) is 1.19. The molecular weight excluding hydrogens is 340 g/mol. The van der Waals surface area contributed by atoms with Gasteiger partial charge in [-0.2, -0.15) is 0 Å². The first-order chi connectivity index (χ1) is 13.1. The number of carbonyl (C=O) groups excluding carboxylic acids is 1. The van der Waals surface area contributed by atoms with Gasteiger partial charge in [0.15, 0.2) is 0 Å². The summed E-state index contributed by atoms with van der Waals surface area (Å²) in [5.74, 6) is -1.56. The third kappa shape index (κ3) is 3.69. The van der Waals surface area contributed by atoms with Crippen molar-refractivity contribution in [2.75, 3.05) is 32.7 Å². The molecule has 0 radical (unpaired) electrons. The van der Waals surface area contributed by atoms with Crippen LogP contribution in [-0.4, -0.2) is 59.5 Å². The molecule has 1 N–H and O–H groups in total. The summed E-state index contributed by atoms with van der Waals surface area (Å²) in [7, 11) is 0. The van der Waals surface area contributed by atoms with Crippen molar-refractivity contribution in [1.82, 2.24) is 9.80 Å². The van der Waals surface area contributed by atoms with Crippen molar-refractivity contribution in [2.24, 2.45) is 23.7 Å². The number of rotatable bonds is 5. The van der Waals surface area contributed by atoms with Crippen LogP contribution >= 0.6 is 0 Å². The Balaban J connectivity index is 1.30. The second kappa shape index (κ2) is 7.69. The minimum absolute atomic E-state index is 0.0332. The number of aliphatic carboxylic acids is 1. The number of nitrogens with zero attached hydrogens (tertiary/aromatic N) is 2.